The van der Waals surface area contributed by atoms with Gasteiger partial charge in [-0.3, -0.25) is 0 Å². The van der Waals surface area contributed by atoms with Gasteiger partial charge in [-0.25, -0.2) is 0 Å². The molecule has 0 bridgehead atoms. The lowest BCUT2D eigenvalue weighted by Crippen LogP contribution is -2.14. The number of hydrogen-bond acceptors (Lipinski definition) is 1. The Labute approximate surface area is 127 Å². The number of aryl methyl sites for hydroxylation is 2. The van der Waals surface area contributed by atoms with Gasteiger partial charge in [-0.1, -0.05) is 48.9 Å². The van der Waals surface area contributed by atoms with Crippen molar-refractivity contribution in [3.8, 4) is 0 Å². The van der Waals surface area contributed by atoms with Crippen LogP contribution in [0, 0.1) is 13.8 Å². The van der Waals surface area contributed by atoms with Gasteiger partial charge in [0.2, 0.25) is 0 Å². The van der Waals surface area contributed by atoms with Crippen LogP contribution in [0.3, 0.4) is 0 Å². The van der Waals surface area contributed by atoms with E-state index in [9.17, 15) is 5.11 Å². The zero-order valence-corrected chi connectivity index (χ0v) is 13.0. The summed E-state index contributed by atoms with van der Waals surface area (Å²) in [6.45, 7) is 4.26. The predicted octanol–water partition coefficient (Wildman–Crippen LogP) is 4.85. The zero-order chi connectivity index (χ0) is 14.8. The molecular weight excluding hydrogens is 256 g/mol. The van der Waals surface area contributed by atoms with Gasteiger partial charge in [-0.05, 0) is 60.4 Å². The van der Waals surface area contributed by atoms with E-state index in [1.807, 2.05) is 6.07 Å². The molecule has 0 radical (unpaired) electrons. The van der Waals surface area contributed by atoms with E-state index in [2.05, 4.69) is 50.2 Å². The monoisotopic (exact) mass is 280 g/mol. The third-order valence-corrected chi connectivity index (χ3v) is 4.90. The molecule has 1 unspecified atom stereocenters. The van der Waals surface area contributed by atoms with Crippen LogP contribution in [0.25, 0.3) is 0 Å². The van der Waals surface area contributed by atoms with E-state index in [-0.39, 0.29) is 0 Å². The number of aliphatic hydroxyl groups excluding tert-OH is 1. The molecule has 1 atom stereocenters. The van der Waals surface area contributed by atoms with Crippen LogP contribution in [0.4, 0.5) is 0 Å². The second kappa shape index (κ2) is 6.03. The molecule has 0 saturated heterocycles. The molecule has 2 aromatic carbocycles. The van der Waals surface area contributed by atoms with Crippen LogP contribution >= 0.6 is 0 Å². The summed E-state index contributed by atoms with van der Waals surface area (Å²) >= 11 is 0. The van der Waals surface area contributed by atoms with Crippen molar-refractivity contribution in [2.75, 3.05) is 0 Å². The van der Waals surface area contributed by atoms with Crippen LogP contribution < -0.4 is 0 Å². The molecule has 0 spiro atoms. The SMILES string of the molecule is Cc1ccc(CC(O)c2ccccc2C2CCC2)cc1C. The average Bonchev–Trinajstić information content (AvgIpc) is 2.42. The van der Waals surface area contributed by atoms with E-state index in [0.717, 1.165) is 5.56 Å². The third kappa shape index (κ3) is 3.03. The minimum Gasteiger partial charge on any atom is -0.388 e. The number of aliphatic hydroxyl groups is 1. The standard InChI is InChI=1S/C20H24O/c1-14-10-11-16(12-15(14)2)13-20(21)19-9-4-3-8-18(19)17-6-5-7-17/h3-4,8-12,17,20-21H,5-7,13H2,1-2H3. The van der Waals surface area contributed by atoms with E-state index in [1.165, 1.54) is 41.5 Å². The molecule has 2 aromatic rings. The van der Waals surface area contributed by atoms with Gasteiger partial charge in [-0.2, -0.15) is 0 Å². The maximum atomic E-state index is 10.7. The zero-order valence-electron chi connectivity index (χ0n) is 13.0. The normalized spacial score (nSPS) is 16.5. The van der Waals surface area contributed by atoms with E-state index >= 15 is 0 Å². The molecule has 1 heteroatoms. The number of benzene rings is 2. The minimum absolute atomic E-state index is 0.399. The molecule has 1 aliphatic carbocycles. The predicted molar refractivity (Wildman–Crippen MR) is 87.6 cm³/mol. The fraction of sp³-hybridized carbons (Fsp3) is 0.400. The van der Waals surface area contributed by atoms with E-state index in [1.54, 1.807) is 0 Å². The van der Waals surface area contributed by atoms with Gasteiger partial charge in [-0.15, -0.1) is 0 Å². The fourth-order valence-electron chi connectivity index (χ4n) is 3.17. The van der Waals surface area contributed by atoms with E-state index < -0.39 is 6.10 Å². The maximum Gasteiger partial charge on any atom is 0.0833 e. The summed E-state index contributed by atoms with van der Waals surface area (Å²) in [6.07, 6.45) is 4.17. The van der Waals surface area contributed by atoms with Crippen molar-refractivity contribution in [2.45, 2.75) is 51.6 Å². The summed E-state index contributed by atoms with van der Waals surface area (Å²) in [4.78, 5) is 0. The molecule has 1 nitrogen and oxygen atoms in total. The molecule has 1 saturated carbocycles. The molecule has 1 N–H and O–H groups in total. The smallest absolute Gasteiger partial charge is 0.0833 e. The van der Waals surface area contributed by atoms with Gasteiger partial charge < -0.3 is 5.11 Å². The van der Waals surface area contributed by atoms with Crippen molar-refractivity contribution in [3.05, 3.63) is 70.3 Å². The summed E-state index contributed by atoms with van der Waals surface area (Å²) < 4.78 is 0. The van der Waals surface area contributed by atoms with Crippen molar-refractivity contribution in [1.82, 2.24) is 0 Å². The first kappa shape index (κ1) is 14.3. The van der Waals surface area contributed by atoms with Crippen molar-refractivity contribution in [2.24, 2.45) is 0 Å². The van der Waals surface area contributed by atoms with Crippen LogP contribution in [0.2, 0.25) is 0 Å². The minimum atomic E-state index is -0.399. The van der Waals surface area contributed by atoms with E-state index in [0.29, 0.717) is 12.3 Å². The first-order valence-electron chi connectivity index (χ1n) is 7.98. The molecule has 110 valence electrons. The highest BCUT2D eigenvalue weighted by molar-refractivity contribution is 5.36. The van der Waals surface area contributed by atoms with E-state index in [4.69, 9.17) is 0 Å². The topological polar surface area (TPSA) is 20.2 Å². The molecule has 0 amide bonds. The van der Waals surface area contributed by atoms with Crippen molar-refractivity contribution in [1.29, 1.82) is 0 Å². The van der Waals surface area contributed by atoms with Crippen LogP contribution in [0.1, 0.15) is 59.1 Å². The molecule has 0 aliphatic heterocycles. The van der Waals surface area contributed by atoms with Crippen LogP contribution in [-0.2, 0) is 6.42 Å². The molecule has 3 rings (SSSR count). The lowest BCUT2D eigenvalue weighted by atomic mass is 9.77. The number of rotatable bonds is 4. The molecule has 0 aromatic heterocycles. The molecule has 21 heavy (non-hydrogen) atoms. The highest BCUT2D eigenvalue weighted by Gasteiger charge is 2.24. The second-order valence-corrected chi connectivity index (χ2v) is 6.40. The lowest BCUT2D eigenvalue weighted by molar-refractivity contribution is 0.175. The summed E-state index contributed by atoms with van der Waals surface area (Å²) in [7, 11) is 0. The Hall–Kier alpha value is -1.60. The van der Waals surface area contributed by atoms with Gasteiger partial charge in [0.25, 0.3) is 0 Å². The first-order chi connectivity index (χ1) is 10.1. The molecule has 1 aliphatic rings. The van der Waals surface area contributed by atoms with Crippen molar-refractivity contribution in [3.63, 3.8) is 0 Å². The van der Waals surface area contributed by atoms with Gasteiger partial charge in [0.1, 0.15) is 0 Å². The molecule has 0 heterocycles. The Kier molecular flexibility index (Phi) is 4.12. The Bertz CT molecular complexity index is 625. The van der Waals surface area contributed by atoms with Crippen LogP contribution in [0.15, 0.2) is 42.5 Å². The molecular formula is C20H24O. The van der Waals surface area contributed by atoms with Gasteiger partial charge in [0, 0.05) is 6.42 Å². The van der Waals surface area contributed by atoms with Gasteiger partial charge in [0.05, 0.1) is 6.10 Å². The lowest BCUT2D eigenvalue weighted by Gasteiger charge is -2.29. The van der Waals surface area contributed by atoms with Gasteiger partial charge in [0.15, 0.2) is 0 Å². The Morgan fingerprint density at radius 1 is 1.05 bits per heavy atom. The Balaban J connectivity index is 1.81. The largest absolute Gasteiger partial charge is 0.388 e. The summed E-state index contributed by atoms with van der Waals surface area (Å²) in [5.74, 6) is 0.663. The Morgan fingerprint density at radius 3 is 2.48 bits per heavy atom. The fourth-order valence-corrected chi connectivity index (χ4v) is 3.17. The highest BCUT2D eigenvalue weighted by Crippen LogP contribution is 2.39. The quantitative estimate of drug-likeness (QED) is 0.849. The highest BCUT2D eigenvalue weighted by atomic mass is 16.3. The third-order valence-electron chi connectivity index (χ3n) is 4.90. The number of hydrogen-bond donors (Lipinski definition) is 1. The Morgan fingerprint density at radius 2 is 1.81 bits per heavy atom. The summed E-state index contributed by atoms with van der Waals surface area (Å²) in [5.41, 5.74) is 6.31. The first-order valence-corrected chi connectivity index (χ1v) is 7.98. The average molecular weight is 280 g/mol. The van der Waals surface area contributed by atoms with Crippen molar-refractivity contribution < 1.29 is 5.11 Å². The summed E-state index contributed by atoms with van der Waals surface area (Å²) in [6, 6.07) is 14.9. The van der Waals surface area contributed by atoms with Gasteiger partial charge >= 0.3 is 0 Å². The van der Waals surface area contributed by atoms with Crippen molar-refractivity contribution >= 4 is 0 Å². The summed E-state index contributed by atoms with van der Waals surface area (Å²) in [5, 5.41) is 10.7. The van der Waals surface area contributed by atoms with Crippen LogP contribution in [0.5, 0.6) is 0 Å². The van der Waals surface area contributed by atoms with Crippen LogP contribution in [-0.4, -0.2) is 5.11 Å². The maximum absolute atomic E-state index is 10.7. The second-order valence-electron chi connectivity index (χ2n) is 6.40. The molecule has 1 fully saturated rings.